The summed E-state index contributed by atoms with van der Waals surface area (Å²) in [6, 6.07) is 8.81. The molecule has 0 radical (unpaired) electrons. The molecule has 1 aromatic carbocycles. The van der Waals surface area contributed by atoms with Crippen LogP contribution in [0.2, 0.25) is 0 Å². The molecule has 2 aliphatic heterocycles. The number of amides is 4. The Kier molecular flexibility index (Phi) is 5.32. The van der Waals surface area contributed by atoms with E-state index in [1.807, 2.05) is 49.0 Å². The Labute approximate surface area is 151 Å². The van der Waals surface area contributed by atoms with Gasteiger partial charge in [-0.15, -0.1) is 0 Å². The lowest BCUT2D eigenvalue weighted by Gasteiger charge is -2.26. The molecule has 1 unspecified atom stereocenters. The number of carbonyl (C=O) groups is 3. The number of hydrogen-bond donors (Lipinski definition) is 2. The van der Waals surface area contributed by atoms with Crippen LogP contribution in [0.1, 0.15) is 31.7 Å². The molecule has 7 heteroatoms. The molecule has 6 nitrogen and oxygen atoms in total. The van der Waals surface area contributed by atoms with E-state index in [1.165, 1.54) is 0 Å². The van der Waals surface area contributed by atoms with Crippen LogP contribution in [-0.2, 0) is 15.1 Å². The van der Waals surface area contributed by atoms with Crippen molar-refractivity contribution in [1.29, 1.82) is 0 Å². The van der Waals surface area contributed by atoms with E-state index in [4.69, 9.17) is 0 Å². The van der Waals surface area contributed by atoms with Crippen molar-refractivity contribution in [3.05, 3.63) is 35.9 Å². The normalized spacial score (nSPS) is 24.3. The van der Waals surface area contributed by atoms with Crippen LogP contribution in [0, 0.1) is 0 Å². The molecule has 0 aliphatic carbocycles. The smallest absolute Gasteiger partial charge is 0.325 e. The van der Waals surface area contributed by atoms with E-state index >= 15 is 0 Å². The van der Waals surface area contributed by atoms with E-state index in [0.717, 1.165) is 34.8 Å². The minimum Gasteiger partial charge on any atom is -0.352 e. The van der Waals surface area contributed by atoms with E-state index in [1.54, 1.807) is 0 Å². The summed E-state index contributed by atoms with van der Waals surface area (Å²) in [5.41, 5.74) is -0.344. The zero-order valence-corrected chi connectivity index (χ0v) is 15.1. The second-order valence-electron chi connectivity index (χ2n) is 6.40. The van der Waals surface area contributed by atoms with Gasteiger partial charge in [-0.05, 0) is 36.3 Å². The average molecular weight is 361 g/mol. The SMILES string of the molecule is CCC1(c2ccccc2)NC(=O)N(CC(=O)NC2CCSCC2)C1=O. The Hall–Kier alpha value is -2.02. The summed E-state index contributed by atoms with van der Waals surface area (Å²) in [5.74, 6) is 1.42. The summed E-state index contributed by atoms with van der Waals surface area (Å²) in [5, 5.41) is 5.74. The number of benzene rings is 1. The van der Waals surface area contributed by atoms with Crippen LogP contribution in [0.4, 0.5) is 4.79 Å². The maximum atomic E-state index is 13.0. The number of carbonyl (C=O) groups excluding carboxylic acids is 3. The van der Waals surface area contributed by atoms with Crippen molar-refractivity contribution in [1.82, 2.24) is 15.5 Å². The highest BCUT2D eigenvalue weighted by Gasteiger charge is 2.51. The quantitative estimate of drug-likeness (QED) is 0.785. The maximum absolute atomic E-state index is 13.0. The summed E-state index contributed by atoms with van der Waals surface area (Å²) in [6.07, 6.45) is 2.29. The second kappa shape index (κ2) is 7.47. The number of nitrogens with one attached hydrogen (secondary N) is 2. The highest BCUT2D eigenvalue weighted by molar-refractivity contribution is 7.99. The van der Waals surface area contributed by atoms with Crippen molar-refractivity contribution in [3.63, 3.8) is 0 Å². The molecular weight excluding hydrogens is 338 g/mol. The first kappa shape index (κ1) is 17.8. The van der Waals surface area contributed by atoms with Crippen molar-refractivity contribution in [3.8, 4) is 0 Å². The number of urea groups is 1. The van der Waals surface area contributed by atoms with Crippen LogP contribution in [0.15, 0.2) is 30.3 Å². The number of imide groups is 1. The van der Waals surface area contributed by atoms with E-state index in [-0.39, 0.29) is 24.4 Å². The summed E-state index contributed by atoms with van der Waals surface area (Å²) >= 11 is 1.88. The molecule has 0 saturated carbocycles. The van der Waals surface area contributed by atoms with Gasteiger partial charge in [0, 0.05) is 6.04 Å². The average Bonchev–Trinajstić information content (AvgIpc) is 2.88. The number of nitrogens with zero attached hydrogens (tertiary/aromatic N) is 1. The second-order valence-corrected chi connectivity index (χ2v) is 7.63. The standard InChI is InChI=1S/C18H23N3O3S/c1-2-18(13-6-4-3-5-7-13)16(23)21(17(24)20-18)12-15(22)19-14-8-10-25-11-9-14/h3-7,14H,2,8-12H2,1H3,(H,19,22)(H,20,24). The van der Waals surface area contributed by atoms with Crippen molar-refractivity contribution in [2.45, 2.75) is 37.8 Å². The molecule has 2 saturated heterocycles. The summed E-state index contributed by atoms with van der Waals surface area (Å²) in [7, 11) is 0. The maximum Gasteiger partial charge on any atom is 0.325 e. The van der Waals surface area contributed by atoms with Gasteiger partial charge in [0.2, 0.25) is 5.91 Å². The largest absolute Gasteiger partial charge is 0.352 e. The molecule has 1 aromatic rings. The molecule has 0 spiro atoms. The zero-order valence-electron chi connectivity index (χ0n) is 14.3. The topological polar surface area (TPSA) is 78.5 Å². The molecule has 2 heterocycles. The van der Waals surface area contributed by atoms with Gasteiger partial charge in [-0.3, -0.25) is 14.5 Å². The Morgan fingerprint density at radius 3 is 2.60 bits per heavy atom. The van der Waals surface area contributed by atoms with Crippen LogP contribution in [-0.4, -0.2) is 46.8 Å². The van der Waals surface area contributed by atoms with Crippen LogP contribution in [0.3, 0.4) is 0 Å². The first-order chi connectivity index (χ1) is 12.1. The fourth-order valence-corrected chi connectivity index (χ4v) is 4.50. The van der Waals surface area contributed by atoms with Gasteiger partial charge < -0.3 is 10.6 Å². The van der Waals surface area contributed by atoms with Gasteiger partial charge in [0.05, 0.1) is 0 Å². The van der Waals surface area contributed by atoms with Crippen molar-refractivity contribution >= 4 is 29.6 Å². The lowest BCUT2D eigenvalue weighted by molar-refractivity contribution is -0.135. The lowest BCUT2D eigenvalue weighted by atomic mass is 9.87. The summed E-state index contributed by atoms with van der Waals surface area (Å²) in [6.45, 7) is 1.62. The van der Waals surface area contributed by atoms with Crippen LogP contribution >= 0.6 is 11.8 Å². The van der Waals surface area contributed by atoms with Gasteiger partial charge in [0.25, 0.3) is 5.91 Å². The minimum atomic E-state index is -1.08. The molecule has 1 atom stereocenters. The van der Waals surface area contributed by atoms with Gasteiger partial charge >= 0.3 is 6.03 Å². The van der Waals surface area contributed by atoms with Gasteiger partial charge in [-0.25, -0.2) is 4.79 Å². The van der Waals surface area contributed by atoms with Crippen LogP contribution in [0.25, 0.3) is 0 Å². The van der Waals surface area contributed by atoms with E-state index in [9.17, 15) is 14.4 Å². The van der Waals surface area contributed by atoms with E-state index < -0.39 is 11.6 Å². The van der Waals surface area contributed by atoms with Gasteiger partial charge in [0.1, 0.15) is 12.1 Å². The summed E-state index contributed by atoms with van der Waals surface area (Å²) in [4.78, 5) is 38.7. The Bertz CT molecular complexity index is 661. The minimum absolute atomic E-state index is 0.138. The monoisotopic (exact) mass is 361 g/mol. The zero-order chi connectivity index (χ0) is 17.9. The van der Waals surface area contributed by atoms with Crippen molar-refractivity contribution in [2.24, 2.45) is 0 Å². The molecule has 2 fully saturated rings. The third-order valence-electron chi connectivity index (χ3n) is 4.86. The Morgan fingerprint density at radius 2 is 1.96 bits per heavy atom. The molecule has 0 bridgehead atoms. The lowest BCUT2D eigenvalue weighted by Crippen LogP contribution is -2.46. The van der Waals surface area contributed by atoms with Gasteiger partial charge in [0.15, 0.2) is 0 Å². The Morgan fingerprint density at radius 1 is 1.28 bits per heavy atom. The first-order valence-electron chi connectivity index (χ1n) is 8.63. The van der Waals surface area contributed by atoms with Crippen molar-refractivity contribution in [2.75, 3.05) is 18.1 Å². The number of rotatable bonds is 5. The van der Waals surface area contributed by atoms with Crippen LogP contribution < -0.4 is 10.6 Å². The molecule has 0 aromatic heterocycles. The molecule has 2 N–H and O–H groups in total. The van der Waals surface area contributed by atoms with Gasteiger partial charge in [-0.2, -0.15) is 11.8 Å². The van der Waals surface area contributed by atoms with Gasteiger partial charge in [-0.1, -0.05) is 37.3 Å². The van der Waals surface area contributed by atoms with E-state index in [2.05, 4.69) is 10.6 Å². The molecule has 3 rings (SSSR count). The predicted octanol–water partition coefficient (Wildman–Crippen LogP) is 1.86. The molecule has 25 heavy (non-hydrogen) atoms. The Balaban J connectivity index is 1.71. The summed E-state index contributed by atoms with van der Waals surface area (Å²) < 4.78 is 0. The molecule has 134 valence electrons. The predicted molar refractivity (Wildman–Crippen MR) is 97.1 cm³/mol. The third kappa shape index (κ3) is 3.51. The van der Waals surface area contributed by atoms with Crippen molar-refractivity contribution < 1.29 is 14.4 Å². The number of hydrogen-bond acceptors (Lipinski definition) is 4. The third-order valence-corrected chi connectivity index (χ3v) is 5.91. The fourth-order valence-electron chi connectivity index (χ4n) is 3.39. The highest BCUT2D eigenvalue weighted by atomic mass is 32.2. The van der Waals surface area contributed by atoms with E-state index in [0.29, 0.717) is 6.42 Å². The number of thioether (sulfide) groups is 1. The van der Waals surface area contributed by atoms with Crippen LogP contribution in [0.5, 0.6) is 0 Å². The fraction of sp³-hybridized carbons (Fsp3) is 0.500. The first-order valence-corrected chi connectivity index (χ1v) is 9.79. The molecule has 2 aliphatic rings. The molecular formula is C18H23N3O3S. The molecule has 4 amide bonds. The highest BCUT2D eigenvalue weighted by Crippen LogP contribution is 2.32.